The molecule has 0 fully saturated rings. The number of hydrogen-bond acceptors (Lipinski definition) is 4. The summed E-state index contributed by atoms with van der Waals surface area (Å²) in [5.41, 5.74) is 0.888. The van der Waals surface area contributed by atoms with E-state index in [9.17, 15) is 0 Å². The number of rotatable bonds is 6. The highest BCUT2D eigenvalue weighted by molar-refractivity contribution is 6.18. The van der Waals surface area contributed by atoms with Gasteiger partial charge in [0, 0.05) is 24.2 Å². The van der Waals surface area contributed by atoms with Crippen LogP contribution in [0.25, 0.3) is 0 Å². The Morgan fingerprint density at radius 2 is 2.25 bits per heavy atom. The molecule has 0 aliphatic rings. The Kier molecular flexibility index (Phi) is 5.32. The molecular weight excluding hydrogens is 226 g/mol. The Balaban J connectivity index is 2.64. The van der Waals surface area contributed by atoms with E-state index >= 15 is 0 Å². The summed E-state index contributed by atoms with van der Waals surface area (Å²) < 4.78 is 5.34. The lowest BCUT2D eigenvalue weighted by Crippen LogP contribution is -2.14. The topological polar surface area (TPSA) is 47.0 Å². The smallest absolute Gasteiger partial charge is 0.226 e. The van der Waals surface area contributed by atoms with Crippen LogP contribution in [0.15, 0.2) is 6.07 Å². The first-order valence-electron chi connectivity index (χ1n) is 5.44. The molecule has 1 unspecified atom stereocenters. The van der Waals surface area contributed by atoms with E-state index in [1.165, 1.54) is 0 Å². The van der Waals surface area contributed by atoms with Crippen LogP contribution >= 0.6 is 11.6 Å². The number of halogens is 1. The molecule has 0 aliphatic heterocycles. The van der Waals surface area contributed by atoms with E-state index < -0.39 is 0 Å². The van der Waals surface area contributed by atoms with Gasteiger partial charge in [0.15, 0.2) is 0 Å². The Bertz CT molecular complexity index is 333. The average Bonchev–Trinajstić information content (AvgIpc) is 2.25. The number of aromatic nitrogens is 2. The fourth-order valence-corrected chi connectivity index (χ4v) is 1.27. The van der Waals surface area contributed by atoms with Gasteiger partial charge in [-0.05, 0) is 19.8 Å². The Morgan fingerprint density at radius 3 is 2.88 bits per heavy atom. The Hall–Kier alpha value is -1.03. The normalized spacial score (nSPS) is 12.2. The number of anilines is 1. The second-order valence-corrected chi connectivity index (χ2v) is 4.05. The molecule has 0 spiro atoms. The average molecular weight is 244 g/mol. The van der Waals surface area contributed by atoms with Crippen LogP contribution in [-0.2, 0) is 0 Å². The molecule has 0 radical (unpaired) electrons. The third kappa shape index (κ3) is 4.23. The minimum Gasteiger partial charge on any atom is -0.478 e. The minimum atomic E-state index is 0.390. The van der Waals surface area contributed by atoms with Crippen molar-refractivity contribution in [1.82, 2.24) is 9.97 Å². The summed E-state index contributed by atoms with van der Waals surface area (Å²) in [6, 6.07) is 1.82. The summed E-state index contributed by atoms with van der Waals surface area (Å²) in [6.07, 6.45) is 0. The standard InChI is InChI=1S/C11H18ClN3O/c1-4-16-10-5-9(3)14-11(15-10)13-7-8(2)6-12/h5,8H,4,6-7H2,1-3H3,(H,13,14,15). The Labute approximate surface area is 101 Å². The van der Waals surface area contributed by atoms with Crippen molar-refractivity contribution in [3.8, 4) is 5.88 Å². The maximum atomic E-state index is 5.72. The first-order valence-corrected chi connectivity index (χ1v) is 5.97. The monoisotopic (exact) mass is 243 g/mol. The fourth-order valence-electron chi connectivity index (χ4n) is 1.16. The molecule has 16 heavy (non-hydrogen) atoms. The van der Waals surface area contributed by atoms with Gasteiger partial charge in [-0.3, -0.25) is 0 Å². The van der Waals surface area contributed by atoms with Gasteiger partial charge in [-0.15, -0.1) is 11.6 Å². The maximum Gasteiger partial charge on any atom is 0.226 e. The third-order valence-corrected chi connectivity index (χ3v) is 2.52. The number of hydrogen-bond donors (Lipinski definition) is 1. The molecule has 5 heteroatoms. The zero-order valence-corrected chi connectivity index (χ0v) is 10.7. The summed E-state index contributed by atoms with van der Waals surface area (Å²) in [4.78, 5) is 8.52. The molecule has 0 saturated heterocycles. The molecule has 1 atom stereocenters. The van der Waals surface area contributed by atoms with E-state index in [0.717, 1.165) is 12.2 Å². The summed E-state index contributed by atoms with van der Waals surface area (Å²) in [5, 5.41) is 3.15. The summed E-state index contributed by atoms with van der Waals surface area (Å²) in [7, 11) is 0. The number of ether oxygens (including phenoxy) is 1. The van der Waals surface area contributed by atoms with Crippen molar-refractivity contribution in [2.45, 2.75) is 20.8 Å². The molecule has 0 saturated carbocycles. The van der Waals surface area contributed by atoms with Gasteiger partial charge in [0.2, 0.25) is 11.8 Å². The van der Waals surface area contributed by atoms with Crippen LogP contribution in [0.3, 0.4) is 0 Å². The van der Waals surface area contributed by atoms with E-state index in [4.69, 9.17) is 16.3 Å². The van der Waals surface area contributed by atoms with Crippen molar-refractivity contribution >= 4 is 17.5 Å². The van der Waals surface area contributed by atoms with Gasteiger partial charge in [0.1, 0.15) is 0 Å². The summed E-state index contributed by atoms with van der Waals surface area (Å²) >= 11 is 5.72. The zero-order chi connectivity index (χ0) is 12.0. The van der Waals surface area contributed by atoms with Gasteiger partial charge in [0.05, 0.1) is 6.61 Å². The molecule has 1 N–H and O–H groups in total. The molecular formula is C11H18ClN3O. The van der Waals surface area contributed by atoms with E-state index in [0.29, 0.717) is 30.2 Å². The maximum absolute atomic E-state index is 5.72. The molecule has 0 amide bonds. The van der Waals surface area contributed by atoms with Crippen molar-refractivity contribution in [1.29, 1.82) is 0 Å². The second-order valence-electron chi connectivity index (χ2n) is 3.74. The molecule has 0 aromatic carbocycles. The minimum absolute atomic E-state index is 0.390. The van der Waals surface area contributed by atoms with Crippen molar-refractivity contribution in [3.63, 3.8) is 0 Å². The quantitative estimate of drug-likeness (QED) is 0.780. The number of aryl methyl sites for hydroxylation is 1. The van der Waals surface area contributed by atoms with Crippen LogP contribution in [0.5, 0.6) is 5.88 Å². The first-order chi connectivity index (χ1) is 7.65. The fraction of sp³-hybridized carbons (Fsp3) is 0.636. The lowest BCUT2D eigenvalue weighted by molar-refractivity contribution is 0.326. The van der Waals surface area contributed by atoms with Gasteiger partial charge in [-0.2, -0.15) is 4.98 Å². The number of nitrogens with zero attached hydrogens (tertiary/aromatic N) is 2. The number of alkyl halides is 1. The molecule has 1 heterocycles. The molecule has 1 rings (SSSR count). The van der Waals surface area contributed by atoms with Crippen molar-refractivity contribution in [2.75, 3.05) is 24.3 Å². The second kappa shape index (κ2) is 6.53. The van der Waals surface area contributed by atoms with Crippen LogP contribution in [-0.4, -0.2) is 29.0 Å². The SMILES string of the molecule is CCOc1cc(C)nc(NCC(C)CCl)n1. The van der Waals surface area contributed by atoms with Crippen LogP contribution in [0.2, 0.25) is 0 Å². The largest absolute Gasteiger partial charge is 0.478 e. The third-order valence-electron chi connectivity index (χ3n) is 1.99. The van der Waals surface area contributed by atoms with Gasteiger partial charge >= 0.3 is 0 Å². The predicted octanol–water partition coefficient (Wildman–Crippen LogP) is 2.47. The lowest BCUT2D eigenvalue weighted by atomic mass is 10.2. The molecule has 1 aromatic heterocycles. The van der Waals surface area contributed by atoms with E-state index in [1.54, 1.807) is 0 Å². The Morgan fingerprint density at radius 1 is 1.50 bits per heavy atom. The van der Waals surface area contributed by atoms with Gasteiger partial charge in [-0.25, -0.2) is 4.98 Å². The molecule has 4 nitrogen and oxygen atoms in total. The zero-order valence-electron chi connectivity index (χ0n) is 9.96. The van der Waals surface area contributed by atoms with Gasteiger partial charge < -0.3 is 10.1 Å². The van der Waals surface area contributed by atoms with Crippen LogP contribution < -0.4 is 10.1 Å². The van der Waals surface area contributed by atoms with Crippen molar-refractivity contribution < 1.29 is 4.74 Å². The molecule has 1 aromatic rings. The lowest BCUT2D eigenvalue weighted by Gasteiger charge is -2.10. The van der Waals surface area contributed by atoms with Crippen LogP contribution in [0.1, 0.15) is 19.5 Å². The molecule has 0 bridgehead atoms. The first kappa shape index (κ1) is 13.0. The molecule has 0 aliphatic carbocycles. The predicted molar refractivity (Wildman–Crippen MR) is 66.3 cm³/mol. The van der Waals surface area contributed by atoms with Crippen LogP contribution in [0.4, 0.5) is 5.95 Å². The van der Waals surface area contributed by atoms with E-state index in [2.05, 4.69) is 22.2 Å². The van der Waals surface area contributed by atoms with Crippen molar-refractivity contribution in [3.05, 3.63) is 11.8 Å². The highest BCUT2D eigenvalue weighted by Crippen LogP contribution is 2.12. The molecule has 90 valence electrons. The summed E-state index contributed by atoms with van der Waals surface area (Å²) in [6.45, 7) is 7.28. The van der Waals surface area contributed by atoms with E-state index in [-0.39, 0.29) is 0 Å². The highest BCUT2D eigenvalue weighted by Gasteiger charge is 2.04. The summed E-state index contributed by atoms with van der Waals surface area (Å²) in [5.74, 6) is 2.22. The van der Waals surface area contributed by atoms with E-state index in [1.807, 2.05) is 19.9 Å². The highest BCUT2D eigenvalue weighted by atomic mass is 35.5. The number of nitrogens with one attached hydrogen (secondary N) is 1. The van der Waals surface area contributed by atoms with Gasteiger partial charge in [0.25, 0.3) is 0 Å². The van der Waals surface area contributed by atoms with Crippen LogP contribution in [0, 0.1) is 12.8 Å². The van der Waals surface area contributed by atoms with Crippen molar-refractivity contribution in [2.24, 2.45) is 5.92 Å². The van der Waals surface area contributed by atoms with Gasteiger partial charge in [-0.1, -0.05) is 6.92 Å².